The van der Waals surface area contributed by atoms with Gasteiger partial charge in [0.1, 0.15) is 5.15 Å². The molecule has 4 heteroatoms. The summed E-state index contributed by atoms with van der Waals surface area (Å²) in [6.45, 7) is 3.20. The van der Waals surface area contributed by atoms with Gasteiger partial charge in [-0.25, -0.2) is 4.98 Å². The number of aromatic nitrogens is 1. The molecule has 3 nitrogen and oxygen atoms in total. The average Bonchev–Trinajstić information content (AvgIpc) is 2.33. The summed E-state index contributed by atoms with van der Waals surface area (Å²) in [5.74, 6) is 0. The minimum absolute atomic E-state index is 0.561. The van der Waals surface area contributed by atoms with E-state index in [-0.39, 0.29) is 0 Å². The number of piperidine rings is 1. The fourth-order valence-electron chi connectivity index (χ4n) is 2.33. The Kier molecular flexibility index (Phi) is 4.77. The fraction of sp³-hybridized carbons (Fsp3) is 0.615. The minimum Gasteiger partial charge on any atom is -0.313 e. The van der Waals surface area contributed by atoms with Gasteiger partial charge < -0.3 is 10.2 Å². The van der Waals surface area contributed by atoms with Gasteiger partial charge in [-0.3, -0.25) is 0 Å². The maximum Gasteiger partial charge on any atom is 0.129 e. The molecule has 0 bridgehead atoms. The van der Waals surface area contributed by atoms with Crippen molar-refractivity contribution in [3.8, 4) is 0 Å². The predicted octanol–water partition coefficient (Wildman–Crippen LogP) is 2.31. The Labute approximate surface area is 108 Å². The number of halogens is 1. The van der Waals surface area contributed by atoms with Crippen LogP contribution in [0.25, 0.3) is 0 Å². The summed E-state index contributed by atoms with van der Waals surface area (Å²) in [5, 5.41) is 4.13. The second-order valence-electron chi connectivity index (χ2n) is 4.83. The van der Waals surface area contributed by atoms with Crippen molar-refractivity contribution in [3.05, 3.63) is 29.0 Å². The van der Waals surface area contributed by atoms with Crippen LogP contribution in [0.4, 0.5) is 0 Å². The number of hydrogen-bond acceptors (Lipinski definition) is 3. The van der Waals surface area contributed by atoms with Crippen molar-refractivity contribution in [2.45, 2.75) is 31.8 Å². The van der Waals surface area contributed by atoms with Gasteiger partial charge in [-0.1, -0.05) is 24.1 Å². The molecule has 1 atom stereocenters. The molecule has 1 aromatic heterocycles. The normalized spacial score (nSPS) is 20.8. The maximum absolute atomic E-state index is 5.77. The Morgan fingerprint density at radius 1 is 1.47 bits per heavy atom. The van der Waals surface area contributed by atoms with Crippen molar-refractivity contribution in [1.29, 1.82) is 0 Å². The number of pyridine rings is 1. The van der Waals surface area contributed by atoms with Gasteiger partial charge in [0.25, 0.3) is 0 Å². The lowest BCUT2D eigenvalue weighted by atomic mass is 10.0. The second-order valence-corrected chi connectivity index (χ2v) is 5.22. The standard InChI is InChI=1S/C13H20ClN3/c1-17(10-12-4-2-3-7-15-12)9-11-5-6-13(14)16-8-11/h5-6,8,12,15H,2-4,7,9-10H2,1H3. The number of rotatable bonds is 4. The molecule has 0 spiro atoms. The van der Waals surface area contributed by atoms with Crippen LogP contribution in [0.2, 0.25) is 5.15 Å². The van der Waals surface area contributed by atoms with Crippen molar-refractivity contribution < 1.29 is 0 Å². The summed E-state index contributed by atoms with van der Waals surface area (Å²) < 4.78 is 0. The average molecular weight is 254 g/mol. The lowest BCUT2D eigenvalue weighted by Gasteiger charge is -2.28. The van der Waals surface area contributed by atoms with Gasteiger partial charge in [-0.15, -0.1) is 0 Å². The molecule has 2 heterocycles. The van der Waals surface area contributed by atoms with E-state index in [1.54, 1.807) is 0 Å². The molecule has 0 aromatic carbocycles. The third kappa shape index (κ3) is 4.26. The smallest absolute Gasteiger partial charge is 0.129 e. The Hall–Kier alpha value is -0.640. The third-order valence-corrected chi connectivity index (χ3v) is 3.41. The molecule has 1 aliphatic heterocycles. The quantitative estimate of drug-likeness (QED) is 0.835. The van der Waals surface area contributed by atoms with Crippen molar-refractivity contribution in [2.24, 2.45) is 0 Å². The number of nitrogens with zero attached hydrogens (tertiary/aromatic N) is 2. The van der Waals surface area contributed by atoms with Gasteiger partial charge in [-0.2, -0.15) is 0 Å². The third-order valence-electron chi connectivity index (χ3n) is 3.19. The van der Waals surface area contributed by atoms with Gasteiger partial charge >= 0.3 is 0 Å². The van der Waals surface area contributed by atoms with E-state index in [1.807, 2.05) is 18.3 Å². The van der Waals surface area contributed by atoms with E-state index >= 15 is 0 Å². The molecule has 0 saturated carbocycles. The lowest BCUT2D eigenvalue weighted by molar-refractivity contribution is 0.256. The fourth-order valence-corrected chi connectivity index (χ4v) is 2.44. The summed E-state index contributed by atoms with van der Waals surface area (Å²) in [5.41, 5.74) is 1.22. The Bertz CT molecular complexity index is 333. The van der Waals surface area contributed by atoms with Gasteiger partial charge in [0, 0.05) is 25.3 Å². The molecule has 1 unspecified atom stereocenters. The van der Waals surface area contributed by atoms with Crippen LogP contribution in [-0.4, -0.2) is 36.1 Å². The zero-order valence-electron chi connectivity index (χ0n) is 10.3. The molecule has 1 aliphatic rings. The molecule has 1 fully saturated rings. The molecule has 2 rings (SSSR count). The molecule has 17 heavy (non-hydrogen) atoms. The Balaban J connectivity index is 1.79. The lowest BCUT2D eigenvalue weighted by Crippen LogP contribution is -2.42. The largest absolute Gasteiger partial charge is 0.313 e. The van der Waals surface area contributed by atoms with Crippen LogP contribution in [0.5, 0.6) is 0 Å². The number of hydrogen-bond donors (Lipinski definition) is 1. The first-order chi connectivity index (χ1) is 8.24. The van der Waals surface area contributed by atoms with Gasteiger partial charge in [0.2, 0.25) is 0 Å². The van der Waals surface area contributed by atoms with Crippen LogP contribution in [-0.2, 0) is 6.54 Å². The molecular formula is C13H20ClN3. The molecule has 94 valence electrons. The summed E-state index contributed by atoms with van der Waals surface area (Å²) in [4.78, 5) is 6.44. The highest BCUT2D eigenvalue weighted by Gasteiger charge is 2.14. The zero-order valence-corrected chi connectivity index (χ0v) is 11.1. The first-order valence-electron chi connectivity index (χ1n) is 6.26. The molecule has 0 aliphatic carbocycles. The van der Waals surface area contributed by atoms with E-state index in [9.17, 15) is 0 Å². The molecular weight excluding hydrogens is 234 g/mol. The van der Waals surface area contributed by atoms with Crippen molar-refractivity contribution >= 4 is 11.6 Å². The SMILES string of the molecule is CN(Cc1ccc(Cl)nc1)CC1CCCCN1. The van der Waals surface area contributed by atoms with Crippen molar-refractivity contribution in [1.82, 2.24) is 15.2 Å². The maximum atomic E-state index is 5.77. The van der Waals surface area contributed by atoms with E-state index in [4.69, 9.17) is 11.6 Å². The van der Waals surface area contributed by atoms with Crippen molar-refractivity contribution in [2.75, 3.05) is 20.1 Å². The van der Waals surface area contributed by atoms with Crippen LogP contribution < -0.4 is 5.32 Å². The van der Waals surface area contributed by atoms with Crippen LogP contribution in [0, 0.1) is 0 Å². The number of nitrogens with one attached hydrogen (secondary N) is 1. The summed E-state index contributed by atoms with van der Waals surface area (Å²) in [6, 6.07) is 4.54. The molecule has 1 saturated heterocycles. The van der Waals surface area contributed by atoms with Gasteiger partial charge in [0.05, 0.1) is 0 Å². The van der Waals surface area contributed by atoms with Gasteiger partial charge in [-0.05, 0) is 38.1 Å². The van der Waals surface area contributed by atoms with E-state index < -0.39 is 0 Å². The first-order valence-corrected chi connectivity index (χ1v) is 6.64. The molecule has 1 N–H and O–H groups in total. The number of likely N-dealkylation sites (N-methyl/N-ethyl adjacent to an activating group) is 1. The van der Waals surface area contributed by atoms with E-state index in [1.165, 1.54) is 31.4 Å². The monoisotopic (exact) mass is 253 g/mol. The van der Waals surface area contributed by atoms with Crippen LogP contribution in [0.3, 0.4) is 0 Å². The highest BCUT2D eigenvalue weighted by molar-refractivity contribution is 6.29. The van der Waals surface area contributed by atoms with Gasteiger partial charge in [0.15, 0.2) is 0 Å². The Morgan fingerprint density at radius 2 is 2.35 bits per heavy atom. The van der Waals surface area contributed by atoms with E-state index in [2.05, 4.69) is 22.2 Å². The zero-order chi connectivity index (χ0) is 12.1. The highest BCUT2D eigenvalue weighted by atomic mass is 35.5. The van der Waals surface area contributed by atoms with Crippen LogP contribution in [0.15, 0.2) is 18.3 Å². The summed E-state index contributed by atoms with van der Waals surface area (Å²) >= 11 is 5.77. The first kappa shape index (κ1) is 12.8. The minimum atomic E-state index is 0.561. The van der Waals surface area contributed by atoms with E-state index in [0.717, 1.165) is 13.1 Å². The topological polar surface area (TPSA) is 28.2 Å². The summed E-state index contributed by atoms with van der Waals surface area (Å²) in [6.07, 6.45) is 5.83. The van der Waals surface area contributed by atoms with E-state index in [0.29, 0.717) is 11.2 Å². The van der Waals surface area contributed by atoms with Crippen LogP contribution >= 0.6 is 11.6 Å². The predicted molar refractivity (Wildman–Crippen MR) is 71.2 cm³/mol. The van der Waals surface area contributed by atoms with Crippen LogP contribution in [0.1, 0.15) is 24.8 Å². The summed E-state index contributed by atoms with van der Waals surface area (Å²) in [7, 11) is 2.16. The highest BCUT2D eigenvalue weighted by Crippen LogP contribution is 2.10. The second kappa shape index (κ2) is 6.34. The molecule has 1 aromatic rings. The molecule has 0 radical (unpaired) electrons. The molecule has 0 amide bonds. The Morgan fingerprint density at radius 3 is 3.00 bits per heavy atom. The van der Waals surface area contributed by atoms with Crippen molar-refractivity contribution in [3.63, 3.8) is 0 Å².